The molecule has 0 bridgehead atoms. The van der Waals surface area contributed by atoms with Gasteiger partial charge in [-0.25, -0.2) is 0 Å². The minimum atomic E-state index is -0.563. The van der Waals surface area contributed by atoms with Crippen LogP contribution in [0, 0.1) is 5.92 Å². The van der Waals surface area contributed by atoms with Crippen molar-refractivity contribution in [2.45, 2.75) is 26.4 Å². The highest BCUT2D eigenvalue weighted by Gasteiger charge is 2.31. The van der Waals surface area contributed by atoms with Crippen LogP contribution < -0.4 is 5.32 Å². The van der Waals surface area contributed by atoms with E-state index in [1.165, 1.54) is 11.8 Å². The summed E-state index contributed by atoms with van der Waals surface area (Å²) < 4.78 is 5.12. The van der Waals surface area contributed by atoms with Crippen molar-refractivity contribution in [1.29, 1.82) is 0 Å². The van der Waals surface area contributed by atoms with E-state index in [-0.39, 0.29) is 23.5 Å². The Hall–Kier alpha value is -2.67. The normalized spacial score (nSPS) is 16.3. The molecule has 3 heterocycles. The number of hydrogen-bond donors (Lipinski definition) is 1. The molecule has 0 unspecified atom stereocenters. The number of amides is 2. The van der Waals surface area contributed by atoms with E-state index < -0.39 is 6.04 Å². The van der Waals surface area contributed by atoms with Gasteiger partial charge >= 0.3 is 0 Å². The first kappa shape index (κ1) is 19.1. The van der Waals surface area contributed by atoms with Crippen molar-refractivity contribution in [3.8, 4) is 0 Å². The van der Waals surface area contributed by atoms with E-state index in [4.69, 9.17) is 4.42 Å². The maximum Gasteiger partial charge on any atom is 0.287 e. The number of pyridine rings is 1. The molecular formula is C20H26N4O3. The smallest absolute Gasteiger partial charge is 0.287 e. The molecule has 7 heteroatoms. The van der Waals surface area contributed by atoms with E-state index in [9.17, 15) is 9.59 Å². The molecule has 0 radical (unpaired) electrons. The number of rotatable bonds is 6. The molecule has 27 heavy (non-hydrogen) atoms. The summed E-state index contributed by atoms with van der Waals surface area (Å²) >= 11 is 0. The van der Waals surface area contributed by atoms with Gasteiger partial charge in [-0.3, -0.25) is 19.5 Å². The molecule has 1 fully saturated rings. The van der Waals surface area contributed by atoms with Crippen LogP contribution in [0.1, 0.15) is 30.0 Å². The number of piperazine rings is 1. The zero-order valence-corrected chi connectivity index (χ0v) is 15.8. The number of carbonyl (C=O) groups excluding carboxylic acids is 2. The fourth-order valence-corrected chi connectivity index (χ4v) is 3.21. The lowest BCUT2D eigenvalue weighted by Crippen LogP contribution is -2.56. The highest BCUT2D eigenvalue weighted by molar-refractivity contribution is 5.95. The highest BCUT2D eigenvalue weighted by atomic mass is 16.3. The molecule has 3 rings (SSSR count). The third kappa shape index (κ3) is 4.95. The Morgan fingerprint density at radius 3 is 2.56 bits per heavy atom. The Balaban J connectivity index is 1.55. The zero-order chi connectivity index (χ0) is 19.2. The number of nitrogens with one attached hydrogen (secondary N) is 1. The second-order valence-corrected chi connectivity index (χ2v) is 7.14. The largest absolute Gasteiger partial charge is 0.459 e. The van der Waals surface area contributed by atoms with Crippen LogP contribution in [0.25, 0.3) is 0 Å². The molecule has 1 aliphatic heterocycles. The first-order valence-electron chi connectivity index (χ1n) is 9.29. The van der Waals surface area contributed by atoms with Crippen molar-refractivity contribution in [2.75, 3.05) is 26.2 Å². The van der Waals surface area contributed by atoms with Crippen molar-refractivity contribution in [2.24, 2.45) is 5.92 Å². The van der Waals surface area contributed by atoms with E-state index in [1.54, 1.807) is 18.3 Å². The molecule has 7 nitrogen and oxygen atoms in total. The zero-order valence-electron chi connectivity index (χ0n) is 15.8. The Labute approximate surface area is 159 Å². The predicted molar refractivity (Wildman–Crippen MR) is 101 cm³/mol. The molecule has 0 spiro atoms. The van der Waals surface area contributed by atoms with Gasteiger partial charge in [0, 0.05) is 45.1 Å². The van der Waals surface area contributed by atoms with Crippen LogP contribution in [0.2, 0.25) is 0 Å². The van der Waals surface area contributed by atoms with Gasteiger partial charge in [-0.2, -0.15) is 0 Å². The topological polar surface area (TPSA) is 78.7 Å². The summed E-state index contributed by atoms with van der Waals surface area (Å²) in [6.07, 6.45) is 5.09. The van der Waals surface area contributed by atoms with E-state index >= 15 is 0 Å². The Morgan fingerprint density at radius 1 is 1.19 bits per heavy atom. The Kier molecular flexibility index (Phi) is 6.24. The Morgan fingerprint density at radius 2 is 1.96 bits per heavy atom. The van der Waals surface area contributed by atoms with E-state index in [2.05, 4.69) is 21.3 Å². The fraction of sp³-hybridized carbons (Fsp3) is 0.450. The monoisotopic (exact) mass is 370 g/mol. The summed E-state index contributed by atoms with van der Waals surface area (Å²) in [6, 6.07) is 6.68. The molecule has 2 aromatic rings. The minimum Gasteiger partial charge on any atom is -0.459 e. The number of aromatic nitrogens is 1. The number of hydrogen-bond acceptors (Lipinski definition) is 5. The van der Waals surface area contributed by atoms with Crippen LogP contribution in [0.5, 0.6) is 0 Å². The van der Waals surface area contributed by atoms with Gasteiger partial charge in [0.05, 0.1) is 6.26 Å². The first-order valence-corrected chi connectivity index (χ1v) is 9.29. The Bertz CT molecular complexity index is 738. The van der Waals surface area contributed by atoms with Gasteiger partial charge in [0.2, 0.25) is 5.91 Å². The third-order valence-electron chi connectivity index (χ3n) is 4.78. The van der Waals surface area contributed by atoms with Gasteiger partial charge in [0.1, 0.15) is 6.04 Å². The van der Waals surface area contributed by atoms with Gasteiger partial charge < -0.3 is 14.6 Å². The van der Waals surface area contributed by atoms with Gasteiger partial charge in [-0.15, -0.1) is 0 Å². The molecule has 2 aromatic heterocycles. The first-order chi connectivity index (χ1) is 13.0. The van der Waals surface area contributed by atoms with Crippen LogP contribution in [-0.4, -0.2) is 58.8 Å². The summed E-state index contributed by atoms with van der Waals surface area (Å²) in [5.74, 6) is -0.187. The van der Waals surface area contributed by atoms with Crippen LogP contribution in [0.15, 0.2) is 47.3 Å². The summed E-state index contributed by atoms with van der Waals surface area (Å²) in [5.41, 5.74) is 1.17. The lowest BCUT2D eigenvalue weighted by molar-refractivity contribution is -0.136. The van der Waals surface area contributed by atoms with Crippen molar-refractivity contribution in [3.63, 3.8) is 0 Å². The second kappa shape index (κ2) is 8.81. The third-order valence-corrected chi connectivity index (χ3v) is 4.78. The van der Waals surface area contributed by atoms with Gasteiger partial charge in [-0.05, 0) is 29.7 Å². The van der Waals surface area contributed by atoms with Crippen molar-refractivity contribution >= 4 is 11.8 Å². The van der Waals surface area contributed by atoms with Crippen LogP contribution in [-0.2, 0) is 11.3 Å². The molecule has 0 aromatic carbocycles. The second-order valence-electron chi connectivity index (χ2n) is 7.14. The average molecular weight is 370 g/mol. The fourth-order valence-electron chi connectivity index (χ4n) is 3.21. The standard InChI is InChI=1S/C20H26N4O3/c1-15(2)18(22-19(25)17-6-4-12-27-17)20(26)24-10-8-23(9-11-24)14-16-5-3-7-21-13-16/h3-7,12-13,15,18H,8-11,14H2,1-2H3,(H,22,25)/t18-/m0/s1. The number of furan rings is 1. The van der Waals surface area contributed by atoms with Crippen LogP contribution in [0.3, 0.4) is 0 Å². The summed E-state index contributed by atoms with van der Waals surface area (Å²) in [5, 5.41) is 2.82. The van der Waals surface area contributed by atoms with E-state index in [0.717, 1.165) is 19.6 Å². The summed E-state index contributed by atoms with van der Waals surface area (Å²) in [6.45, 7) is 7.61. The van der Waals surface area contributed by atoms with Crippen molar-refractivity contribution in [1.82, 2.24) is 20.1 Å². The van der Waals surface area contributed by atoms with Gasteiger partial charge in [0.15, 0.2) is 5.76 Å². The molecule has 144 valence electrons. The maximum atomic E-state index is 13.0. The highest BCUT2D eigenvalue weighted by Crippen LogP contribution is 2.13. The van der Waals surface area contributed by atoms with Gasteiger partial charge in [-0.1, -0.05) is 19.9 Å². The molecule has 1 atom stereocenters. The lowest BCUT2D eigenvalue weighted by Gasteiger charge is -2.37. The molecule has 0 saturated carbocycles. The summed E-state index contributed by atoms with van der Waals surface area (Å²) in [4.78, 5) is 33.5. The molecule has 0 aliphatic carbocycles. The molecule has 1 saturated heterocycles. The maximum absolute atomic E-state index is 13.0. The van der Waals surface area contributed by atoms with Crippen molar-refractivity contribution in [3.05, 3.63) is 54.2 Å². The van der Waals surface area contributed by atoms with E-state index in [0.29, 0.717) is 13.1 Å². The molecular weight excluding hydrogens is 344 g/mol. The van der Waals surface area contributed by atoms with Crippen LogP contribution >= 0.6 is 0 Å². The average Bonchev–Trinajstić information content (AvgIpc) is 3.21. The lowest BCUT2D eigenvalue weighted by atomic mass is 10.0. The van der Waals surface area contributed by atoms with Crippen LogP contribution in [0.4, 0.5) is 0 Å². The SMILES string of the molecule is CC(C)[C@H](NC(=O)c1ccco1)C(=O)N1CCN(Cc2cccnc2)CC1. The number of nitrogens with zero attached hydrogens (tertiary/aromatic N) is 3. The molecule has 2 amide bonds. The minimum absolute atomic E-state index is 0.00941. The molecule has 1 N–H and O–H groups in total. The quantitative estimate of drug-likeness (QED) is 0.838. The van der Waals surface area contributed by atoms with Gasteiger partial charge in [0.25, 0.3) is 5.91 Å². The summed E-state index contributed by atoms with van der Waals surface area (Å²) in [7, 11) is 0. The van der Waals surface area contributed by atoms with E-state index in [1.807, 2.05) is 31.0 Å². The van der Waals surface area contributed by atoms with Crippen molar-refractivity contribution < 1.29 is 14.0 Å². The number of carbonyl (C=O) groups is 2. The molecule has 1 aliphatic rings. The predicted octanol–water partition coefficient (Wildman–Crippen LogP) is 1.77.